The fourth-order valence-electron chi connectivity index (χ4n) is 1.83. The molecule has 1 amide bonds. The Morgan fingerprint density at radius 3 is 2.81 bits per heavy atom. The van der Waals surface area contributed by atoms with Gasteiger partial charge in [0.25, 0.3) is 5.91 Å². The van der Waals surface area contributed by atoms with Crippen molar-refractivity contribution in [3.63, 3.8) is 0 Å². The second-order valence-corrected chi connectivity index (χ2v) is 5.67. The number of halogens is 1. The van der Waals surface area contributed by atoms with Gasteiger partial charge in [0.2, 0.25) is 0 Å². The third-order valence-corrected chi connectivity index (χ3v) is 4.07. The molecule has 3 heteroatoms. The average molecular weight is 329 g/mol. The van der Waals surface area contributed by atoms with Crippen molar-refractivity contribution in [2.24, 2.45) is 11.8 Å². The van der Waals surface area contributed by atoms with Crippen LogP contribution in [0.2, 0.25) is 0 Å². The third-order valence-electron chi connectivity index (χ3n) is 3.13. The standard InChI is InChI=1S/C13H16INO/c1-9(10-6-7-10)8-15-13(16)11-4-2-3-5-12(11)14/h2-5,9-10H,6-8H2,1H3,(H,15,16). The second-order valence-electron chi connectivity index (χ2n) is 4.50. The van der Waals surface area contributed by atoms with Crippen LogP contribution in [-0.4, -0.2) is 12.5 Å². The Hall–Kier alpha value is -0.580. The van der Waals surface area contributed by atoms with Crippen LogP contribution in [0.1, 0.15) is 30.1 Å². The largest absolute Gasteiger partial charge is 0.352 e. The lowest BCUT2D eigenvalue weighted by Gasteiger charge is -2.11. The van der Waals surface area contributed by atoms with Gasteiger partial charge >= 0.3 is 0 Å². The summed E-state index contributed by atoms with van der Waals surface area (Å²) in [5.41, 5.74) is 0.783. The minimum Gasteiger partial charge on any atom is -0.352 e. The van der Waals surface area contributed by atoms with Crippen LogP contribution in [0.3, 0.4) is 0 Å². The molecule has 1 atom stereocenters. The number of amides is 1. The Balaban J connectivity index is 1.90. The summed E-state index contributed by atoms with van der Waals surface area (Å²) in [6.07, 6.45) is 2.67. The van der Waals surface area contributed by atoms with Gasteiger partial charge in [-0.3, -0.25) is 4.79 Å². The van der Waals surface area contributed by atoms with Crippen LogP contribution in [0.4, 0.5) is 0 Å². The van der Waals surface area contributed by atoms with Gasteiger partial charge in [0.05, 0.1) is 5.56 Å². The molecule has 1 unspecified atom stereocenters. The maximum absolute atomic E-state index is 11.9. The smallest absolute Gasteiger partial charge is 0.252 e. The number of hydrogen-bond donors (Lipinski definition) is 1. The Kier molecular flexibility index (Phi) is 3.84. The molecule has 1 fully saturated rings. The first-order valence-electron chi connectivity index (χ1n) is 5.71. The first-order valence-corrected chi connectivity index (χ1v) is 6.79. The maximum atomic E-state index is 11.9. The van der Waals surface area contributed by atoms with Crippen LogP contribution in [0.15, 0.2) is 24.3 Å². The summed E-state index contributed by atoms with van der Waals surface area (Å²) in [6.45, 7) is 3.02. The summed E-state index contributed by atoms with van der Waals surface area (Å²) >= 11 is 2.20. The molecule has 0 spiro atoms. The number of rotatable bonds is 4. The number of nitrogens with one attached hydrogen (secondary N) is 1. The number of hydrogen-bond acceptors (Lipinski definition) is 1. The molecule has 1 N–H and O–H groups in total. The lowest BCUT2D eigenvalue weighted by Crippen LogP contribution is -2.29. The number of carbonyl (C=O) groups excluding carboxylic acids is 1. The van der Waals surface area contributed by atoms with Crippen LogP contribution >= 0.6 is 22.6 Å². The van der Waals surface area contributed by atoms with Gasteiger partial charge in [-0.15, -0.1) is 0 Å². The molecule has 0 bridgehead atoms. The molecule has 2 rings (SSSR count). The van der Waals surface area contributed by atoms with Gasteiger partial charge in [-0.25, -0.2) is 0 Å². The lowest BCUT2D eigenvalue weighted by molar-refractivity contribution is 0.0946. The normalized spacial score (nSPS) is 16.9. The van der Waals surface area contributed by atoms with Crippen molar-refractivity contribution in [3.8, 4) is 0 Å². The molecule has 2 nitrogen and oxygen atoms in total. The summed E-state index contributed by atoms with van der Waals surface area (Å²) in [7, 11) is 0. The third kappa shape index (κ3) is 2.97. The first kappa shape index (κ1) is 11.9. The van der Waals surface area contributed by atoms with Crippen LogP contribution in [0, 0.1) is 15.4 Å². The van der Waals surface area contributed by atoms with Crippen molar-refractivity contribution >= 4 is 28.5 Å². The van der Waals surface area contributed by atoms with E-state index in [1.807, 2.05) is 24.3 Å². The van der Waals surface area contributed by atoms with Crippen molar-refractivity contribution in [2.75, 3.05) is 6.54 Å². The zero-order valence-corrected chi connectivity index (χ0v) is 11.5. The molecule has 1 saturated carbocycles. The monoisotopic (exact) mass is 329 g/mol. The Morgan fingerprint density at radius 1 is 1.50 bits per heavy atom. The van der Waals surface area contributed by atoms with Crippen LogP contribution in [0.25, 0.3) is 0 Å². The molecular formula is C13H16INO. The highest BCUT2D eigenvalue weighted by molar-refractivity contribution is 14.1. The topological polar surface area (TPSA) is 29.1 Å². The molecule has 86 valence electrons. The molecule has 0 aliphatic heterocycles. The summed E-state index contributed by atoms with van der Waals surface area (Å²) in [4.78, 5) is 11.9. The molecule has 1 aliphatic rings. The van der Waals surface area contributed by atoms with Gasteiger partial charge in [0, 0.05) is 10.1 Å². The molecule has 0 heterocycles. The molecule has 0 radical (unpaired) electrons. The Labute approximate surface area is 110 Å². The van der Waals surface area contributed by atoms with E-state index in [2.05, 4.69) is 34.8 Å². The molecular weight excluding hydrogens is 313 g/mol. The maximum Gasteiger partial charge on any atom is 0.252 e. The van der Waals surface area contributed by atoms with E-state index in [0.29, 0.717) is 5.92 Å². The van der Waals surface area contributed by atoms with Gasteiger partial charge in [-0.2, -0.15) is 0 Å². The second kappa shape index (κ2) is 5.17. The van der Waals surface area contributed by atoms with Gasteiger partial charge in [0.15, 0.2) is 0 Å². The van der Waals surface area contributed by atoms with Crippen molar-refractivity contribution in [1.82, 2.24) is 5.32 Å². The fourth-order valence-corrected chi connectivity index (χ4v) is 2.46. The van der Waals surface area contributed by atoms with Crippen molar-refractivity contribution < 1.29 is 4.79 Å². The average Bonchev–Trinajstić information content (AvgIpc) is 3.10. The van der Waals surface area contributed by atoms with Gasteiger partial charge in [0.1, 0.15) is 0 Å². The highest BCUT2D eigenvalue weighted by Gasteiger charge is 2.27. The molecule has 0 saturated heterocycles. The summed E-state index contributed by atoms with van der Waals surface area (Å²) in [5, 5.41) is 3.02. The first-order chi connectivity index (χ1) is 7.68. The van der Waals surface area contributed by atoms with Gasteiger partial charge < -0.3 is 5.32 Å². The zero-order valence-electron chi connectivity index (χ0n) is 9.37. The predicted molar refractivity (Wildman–Crippen MR) is 73.4 cm³/mol. The molecule has 1 aromatic rings. The minimum absolute atomic E-state index is 0.0532. The van der Waals surface area contributed by atoms with Crippen LogP contribution in [-0.2, 0) is 0 Å². The minimum atomic E-state index is 0.0532. The van der Waals surface area contributed by atoms with E-state index in [1.54, 1.807) is 0 Å². The molecule has 0 aromatic heterocycles. The fraction of sp³-hybridized carbons (Fsp3) is 0.462. The quantitative estimate of drug-likeness (QED) is 0.845. The molecule has 1 aromatic carbocycles. The van der Waals surface area contributed by atoms with Gasteiger partial charge in [-0.1, -0.05) is 19.1 Å². The Bertz CT molecular complexity index is 387. The number of carbonyl (C=O) groups is 1. The van der Waals surface area contributed by atoms with E-state index in [1.165, 1.54) is 12.8 Å². The lowest BCUT2D eigenvalue weighted by atomic mass is 10.1. The van der Waals surface area contributed by atoms with E-state index in [0.717, 1.165) is 21.6 Å². The van der Waals surface area contributed by atoms with Gasteiger partial charge in [-0.05, 0) is 59.4 Å². The summed E-state index contributed by atoms with van der Waals surface area (Å²) in [5.74, 6) is 1.51. The highest BCUT2D eigenvalue weighted by Crippen LogP contribution is 2.36. The molecule has 1 aliphatic carbocycles. The van der Waals surface area contributed by atoms with Crippen molar-refractivity contribution in [1.29, 1.82) is 0 Å². The van der Waals surface area contributed by atoms with E-state index in [9.17, 15) is 4.79 Å². The van der Waals surface area contributed by atoms with E-state index >= 15 is 0 Å². The summed E-state index contributed by atoms with van der Waals surface area (Å²) < 4.78 is 1.01. The zero-order chi connectivity index (χ0) is 11.5. The Morgan fingerprint density at radius 2 is 2.19 bits per heavy atom. The molecule has 16 heavy (non-hydrogen) atoms. The van der Waals surface area contributed by atoms with Crippen molar-refractivity contribution in [2.45, 2.75) is 19.8 Å². The summed E-state index contributed by atoms with van der Waals surface area (Å²) in [6, 6.07) is 7.69. The van der Waals surface area contributed by atoms with E-state index in [-0.39, 0.29) is 5.91 Å². The van der Waals surface area contributed by atoms with E-state index in [4.69, 9.17) is 0 Å². The number of benzene rings is 1. The highest BCUT2D eigenvalue weighted by atomic mass is 127. The SMILES string of the molecule is CC(CNC(=O)c1ccccc1I)C1CC1. The van der Waals surface area contributed by atoms with E-state index < -0.39 is 0 Å². The predicted octanol–water partition coefficient (Wildman–Crippen LogP) is 3.07. The van der Waals surface area contributed by atoms with Crippen LogP contribution in [0.5, 0.6) is 0 Å². The van der Waals surface area contributed by atoms with Crippen molar-refractivity contribution in [3.05, 3.63) is 33.4 Å². The van der Waals surface area contributed by atoms with Crippen LogP contribution < -0.4 is 5.32 Å².